The zero-order valence-corrected chi connectivity index (χ0v) is 26.3. The first-order valence-corrected chi connectivity index (χ1v) is 15.6. The van der Waals surface area contributed by atoms with E-state index in [2.05, 4.69) is 16.0 Å². The van der Waals surface area contributed by atoms with Crippen LogP contribution in [0.4, 0.5) is 11.4 Å². The second-order valence-corrected chi connectivity index (χ2v) is 11.3. The van der Waals surface area contributed by atoms with E-state index in [0.717, 1.165) is 21.6 Å². The van der Waals surface area contributed by atoms with E-state index in [1.54, 1.807) is 72.8 Å². The highest BCUT2D eigenvalue weighted by atomic mass is 32.2. The fourth-order valence-electron chi connectivity index (χ4n) is 4.59. The molecule has 3 amide bonds. The fourth-order valence-corrected chi connectivity index (χ4v) is 5.34. The maximum atomic E-state index is 13.6. The molecule has 0 saturated carbocycles. The average Bonchev–Trinajstić information content (AvgIpc) is 3.11. The minimum Gasteiger partial charge on any atom is -0.465 e. The van der Waals surface area contributed by atoms with E-state index in [4.69, 9.17) is 4.74 Å². The summed E-state index contributed by atoms with van der Waals surface area (Å²) >= 11 is 1.26. The maximum absolute atomic E-state index is 13.6. The van der Waals surface area contributed by atoms with Gasteiger partial charge in [-0.1, -0.05) is 91.0 Å². The van der Waals surface area contributed by atoms with Crippen LogP contribution in [-0.4, -0.2) is 36.6 Å². The van der Waals surface area contributed by atoms with Crippen LogP contribution < -0.4 is 16.0 Å². The number of esters is 1. The van der Waals surface area contributed by atoms with Gasteiger partial charge in [-0.25, -0.2) is 4.79 Å². The van der Waals surface area contributed by atoms with Crippen molar-refractivity contribution in [3.63, 3.8) is 0 Å². The number of hydrogen-bond acceptors (Lipinski definition) is 6. The van der Waals surface area contributed by atoms with Gasteiger partial charge in [-0.05, 0) is 65.2 Å². The van der Waals surface area contributed by atoms with Gasteiger partial charge in [-0.3, -0.25) is 14.4 Å². The normalized spacial score (nSPS) is 10.9. The summed E-state index contributed by atoms with van der Waals surface area (Å²) in [6, 6.07) is 39.9. The van der Waals surface area contributed by atoms with E-state index in [1.165, 1.54) is 18.9 Å². The summed E-state index contributed by atoms with van der Waals surface area (Å²) in [7, 11) is 1.28. The van der Waals surface area contributed by atoms with E-state index in [0.29, 0.717) is 16.9 Å². The summed E-state index contributed by atoms with van der Waals surface area (Å²) in [4.78, 5) is 52.1. The Bertz CT molecular complexity index is 1910. The number of benzene rings is 5. The summed E-state index contributed by atoms with van der Waals surface area (Å²) in [6.07, 6.45) is 1.63. The Morgan fingerprint density at radius 1 is 0.702 bits per heavy atom. The largest absolute Gasteiger partial charge is 0.465 e. The lowest BCUT2D eigenvalue weighted by atomic mass is 10.0. The number of carbonyl (C=O) groups excluding carboxylic acids is 4. The summed E-state index contributed by atoms with van der Waals surface area (Å²) in [5.74, 6) is -1.73. The molecule has 0 atom stereocenters. The maximum Gasteiger partial charge on any atom is 0.339 e. The molecular weight excluding hydrogens is 611 g/mol. The molecule has 3 N–H and O–H groups in total. The Labute approximate surface area is 276 Å². The van der Waals surface area contributed by atoms with E-state index in [-0.39, 0.29) is 22.9 Å². The summed E-state index contributed by atoms with van der Waals surface area (Å²) in [5.41, 5.74) is 4.40. The van der Waals surface area contributed by atoms with Crippen molar-refractivity contribution >= 4 is 52.9 Å². The van der Waals surface area contributed by atoms with Gasteiger partial charge in [-0.2, -0.15) is 0 Å². The smallest absolute Gasteiger partial charge is 0.339 e. The van der Waals surface area contributed by atoms with Crippen LogP contribution in [0.25, 0.3) is 17.2 Å². The van der Waals surface area contributed by atoms with Gasteiger partial charge in [-0.15, -0.1) is 11.8 Å². The van der Waals surface area contributed by atoms with Crippen LogP contribution in [0.2, 0.25) is 0 Å². The highest BCUT2D eigenvalue weighted by Gasteiger charge is 2.16. The molecule has 0 bridgehead atoms. The number of amides is 3. The number of hydrogen-bond donors (Lipinski definition) is 3. The molecule has 0 saturated heterocycles. The van der Waals surface area contributed by atoms with Gasteiger partial charge in [0.05, 0.1) is 24.1 Å². The number of nitrogens with one attached hydrogen (secondary N) is 3. The topological polar surface area (TPSA) is 114 Å². The minimum atomic E-state index is -0.547. The number of anilines is 2. The highest BCUT2D eigenvalue weighted by Crippen LogP contribution is 2.24. The van der Waals surface area contributed by atoms with Gasteiger partial charge < -0.3 is 20.7 Å². The summed E-state index contributed by atoms with van der Waals surface area (Å²) < 4.78 is 4.79. The molecular formula is C38H31N3O5S. The van der Waals surface area contributed by atoms with Crippen molar-refractivity contribution in [2.24, 2.45) is 0 Å². The van der Waals surface area contributed by atoms with E-state index in [9.17, 15) is 19.2 Å². The number of methoxy groups -OCH3 is 1. The molecule has 0 spiro atoms. The van der Waals surface area contributed by atoms with Crippen molar-refractivity contribution in [3.8, 4) is 11.1 Å². The first-order valence-electron chi connectivity index (χ1n) is 14.6. The molecule has 5 aromatic rings. The van der Waals surface area contributed by atoms with Crippen molar-refractivity contribution in [1.82, 2.24) is 5.32 Å². The highest BCUT2D eigenvalue weighted by molar-refractivity contribution is 8.00. The Kier molecular flexibility index (Phi) is 11.0. The summed E-state index contributed by atoms with van der Waals surface area (Å²) in [5, 5.41) is 8.37. The zero-order chi connectivity index (χ0) is 33.0. The van der Waals surface area contributed by atoms with Crippen LogP contribution in [-0.2, 0) is 14.3 Å². The van der Waals surface area contributed by atoms with Crippen molar-refractivity contribution in [3.05, 3.63) is 156 Å². The first-order chi connectivity index (χ1) is 22.9. The molecule has 0 aliphatic rings. The molecule has 0 heterocycles. The van der Waals surface area contributed by atoms with E-state index in [1.807, 2.05) is 66.7 Å². The van der Waals surface area contributed by atoms with Crippen LogP contribution in [0.1, 0.15) is 26.3 Å². The third kappa shape index (κ3) is 9.06. The van der Waals surface area contributed by atoms with Gasteiger partial charge in [0.2, 0.25) is 5.91 Å². The van der Waals surface area contributed by atoms with Crippen molar-refractivity contribution < 1.29 is 23.9 Å². The van der Waals surface area contributed by atoms with Gasteiger partial charge in [0.25, 0.3) is 11.8 Å². The lowest BCUT2D eigenvalue weighted by Crippen LogP contribution is -2.30. The fraction of sp³-hybridized carbons (Fsp3) is 0.0526. The number of thioether (sulfide) groups is 1. The third-order valence-corrected chi connectivity index (χ3v) is 7.92. The average molecular weight is 642 g/mol. The van der Waals surface area contributed by atoms with Crippen molar-refractivity contribution in [2.45, 2.75) is 4.90 Å². The number of ether oxygens (including phenoxy) is 1. The van der Waals surface area contributed by atoms with Crippen molar-refractivity contribution in [2.75, 3.05) is 23.5 Å². The number of para-hydroxylation sites is 1. The van der Waals surface area contributed by atoms with Crippen LogP contribution in [0.3, 0.4) is 0 Å². The lowest BCUT2D eigenvalue weighted by molar-refractivity contribution is -0.114. The molecule has 9 heteroatoms. The molecule has 47 heavy (non-hydrogen) atoms. The van der Waals surface area contributed by atoms with E-state index >= 15 is 0 Å². The predicted octanol–water partition coefficient (Wildman–Crippen LogP) is 7.28. The van der Waals surface area contributed by atoms with Crippen LogP contribution in [0.5, 0.6) is 0 Å². The van der Waals surface area contributed by atoms with Crippen LogP contribution in [0.15, 0.2) is 144 Å². The Morgan fingerprint density at radius 2 is 1.36 bits per heavy atom. The standard InChI is InChI=1S/C38H31N3O5S/c1-46-38(45)32-17-8-9-18-33(32)40-35(42)25-47-31-16-10-15-30(24-31)39-37(44)34(41-36(43)29-13-6-3-7-14-29)23-26-19-21-28(22-20-26)27-11-4-2-5-12-27/h2-24H,25H2,1H3,(H,39,44)(H,40,42)(H,41,43)/b34-23+. The predicted molar refractivity (Wildman–Crippen MR) is 186 cm³/mol. The molecule has 5 aromatic carbocycles. The van der Waals surface area contributed by atoms with E-state index < -0.39 is 17.8 Å². The second-order valence-electron chi connectivity index (χ2n) is 10.2. The zero-order valence-electron chi connectivity index (χ0n) is 25.4. The lowest BCUT2D eigenvalue weighted by Gasteiger charge is -2.13. The molecule has 0 unspecified atom stereocenters. The molecule has 5 rings (SSSR count). The molecule has 8 nitrogen and oxygen atoms in total. The van der Waals surface area contributed by atoms with Gasteiger partial charge in [0.15, 0.2) is 0 Å². The third-order valence-electron chi connectivity index (χ3n) is 6.93. The molecule has 234 valence electrons. The Hall–Kier alpha value is -5.93. The quantitative estimate of drug-likeness (QED) is 0.0794. The van der Waals surface area contributed by atoms with Crippen molar-refractivity contribution in [1.29, 1.82) is 0 Å². The monoisotopic (exact) mass is 641 g/mol. The second kappa shape index (κ2) is 15.9. The molecule has 0 fully saturated rings. The summed E-state index contributed by atoms with van der Waals surface area (Å²) in [6.45, 7) is 0. The molecule has 0 aliphatic carbocycles. The molecule has 0 aromatic heterocycles. The van der Waals surface area contributed by atoms with Crippen LogP contribution >= 0.6 is 11.8 Å². The number of carbonyl (C=O) groups is 4. The Morgan fingerprint density at radius 3 is 2.09 bits per heavy atom. The number of rotatable bonds is 11. The first kappa shape index (κ1) is 32.5. The van der Waals surface area contributed by atoms with Gasteiger partial charge in [0.1, 0.15) is 5.70 Å². The molecule has 0 radical (unpaired) electrons. The SMILES string of the molecule is COC(=O)c1ccccc1NC(=O)CSc1cccc(NC(=O)/C(=C\c2ccc(-c3ccccc3)cc2)NC(=O)c2ccccc2)c1. The minimum absolute atomic E-state index is 0.0597. The van der Waals surface area contributed by atoms with Gasteiger partial charge in [0, 0.05) is 16.1 Å². The van der Waals surface area contributed by atoms with Gasteiger partial charge >= 0.3 is 5.97 Å². The molecule has 0 aliphatic heterocycles. The van der Waals surface area contributed by atoms with Crippen LogP contribution in [0, 0.1) is 0 Å². The Balaban J connectivity index is 1.29.